The summed E-state index contributed by atoms with van der Waals surface area (Å²) in [5.41, 5.74) is 0.269. The Morgan fingerprint density at radius 2 is 1.95 bits per heavy atom. The van der Waals surface area contributed by atoms with Crippen LogP contribution in [0.3, 0.4) is 0 Å². The Hall–Kier alpha value is -2.11. The molecule has 0 aromatic heterocycles. The largest absolute Gasteiger partial charge is 0.506 e. The number of carbonyl (C=O) groups excluding carboxylic acids is 1. The number of aromatic hydroxyl groups is 1. The topological polar surface area (TPSA) is 67.8 Å². The van der Waals surface area contributed by atoms with Gasteiger partial charge in [-0.3, -0.25) is 4.79 Å². The molecular weight excluding hydrogens is 270 g/mol. The van der Waals surface area contributed by atoms with Crippen LogP contribution in [0, 0.1) is 0 Å². The molecule has 5 nitrogen and oxygen atoms in total. The number of fused-ring (bicyclic) bond motifs is 1. The van der Waals surface area contributed by atoms with Gasteiger partial charge in [0.25, 0.3) is 5.91 Å². The van der Waals surface area contributed by atoms with Crippen LogP contribution >= 0.6 is 0 Å². The van der Waals surface area contributed by atoms with Crippen molar-refractivity contribution >= 4 is 16.7 Å². The summed E-state index contributed by atoms with van der Waals surface area (Å²) in [5.74, 6) is -0.306. The number of phenolic OH excluding ortho intramolecular Hbond substituents is 1. The van der Waals surface area contributed by atoms with Gasteiger partial charge in [-0.15, -0.1) is 0 Å². The molecule has 0 aliphatic rings. The van der Waals surface area contributed by atoms with Crippen LogP contribution in [0.4, 0.5) is 0 Å². The third kappa shape index (κ3) is 3.93. The Balaban J connectivity index is 1.95. The lowest BCUT2D eigenvalue weighted by Crippen LogP contribution is -2.27. The van der Waals surface area contributed by atoms with Crippen molar-refractivity contribution in [2.45, 2.75) is 0 Å². The normalized spacial score (nSPS) is 10.7. The Labute approximate surface area is 123 Å². The van der Waals surface area contributed by atoms with Gasteiger partial charge in [0.05, 0.1) is 25.4 Å². The highest BCUT2D eigenvalue weighted by Crippen LogP contribution is 2.28. The van der Waals surface area contributed by atoms with Gasteiger partial charge >= 0.3 is 0 Å². The summed E-state index contributed by atoms with van der Waals surface area (Å²) in [4.78, 5) is 12.0. The Bertz CT molecular complexity index is 612. The quantitative estimate of drug-likeness (QED) is 0.764. The van der Waals surface area contributed by atoms with Crippen molar-refractivity contribution < 1.29 is 19.4 Å². The highest BCUT2D eigenvalue weighted by molar-refractivity contribution is 6.03. The first-order chi connectivity index (χ1) is 10.2. The molecule has 0 aliphatic heterocycles. The number of carbonyl (C=O) groups is 1. The van der Waals surface area contributed by atoms with Crippen molar-refractivity contribution in [2.24, 2.45) is 0 Å². The van der Waals surface area contributed by atoms with E-state index in [4.69, 9.17) is 9.47 Å². The Kier molecular flexibility index (Phi) is 5.54. The molecule has 0 saturated carbocycles. The number of ether oxygens (including phenoxy) is 2. The molecule has 5 heteroatoms. The number of hydrogen-bond acceptors (Lipinski definition) is 4. The van der Waals surface area contributed by atoms with E-state index in [2.05, 4.69) is 5.32 Å². The fourth-order valence-electron chi connectivity index (χ4n) is 2.01. The lowest BCUT2D eigenvalue weighted by Gasteiger charge is -2.09. The molecule has 0 atom stereocenters. The van der Waals surface area contributed by atoms with E-state index in [1.54, 1.807) is 19.2 Å². The molecule has 0 fully saturated rings. The predicted molar refractivity (Wildman–Crippen MR) is 80.6 cm³/mol. The highest BCUT2D eigenvalue weighted by Gasteiger charge is 2.12. The molecule has 0 heterocycles. The number of benzene rings is 2. The minimum atomic E-state index is -0.311. The first kappa shape index (κ1) is 15.3. The smallest absolute Gasteiger partial charge is 0.255 e. The lowest BCUT2D eigenvalue weighted by molar-refractivity contribution is 0.0692. The van der Waals surface area contributed by atoms with Crippen LogP contribution < -0.4 is 5.32 Å². The third-order valence-electron chi connectivity index (χ3n) is 3.11. The van der Waals surface area contributed by atoms with Crippen molar-refractivity contribution in [3.8, 4) is 5.75 Å². The zero-order valence-corrected chi connectivity index (χ0v) is 12.0. The number of nitrogens with one attached hydrogen (secondary N) is 1. The average molecular weight is 289 g/mol. The summed E-state index contributed by atoms with van der Waals surface area (Å²) in [6.07, 6.45) is 0. The second-order valence-electron chi connectivity index (χ2n) is 4.54. The average Bonchev–Trinajstić information content (AvgIpc) is 2.51. The fraction of sp³-hybridized carbons (Fsp3) is 0.312. The molecule has 2 rings (SSSR count). The van der Waals surface area contributed by atoms with Crippen LogP contribution in [0.1, 0.15) is 10.4 Å². The van der Waals surface area contributed by atoms with E-state index >= 15 is 0 Å². The molecule has 2 N–H and O–H groups in total. The number of rotatable bonds is 7. The van der Waals surface area contributed by atoms with Gasteiger partial charge in [0.1, 0.15) is 5.75 Å². The van der Waals surface area contributed by atoms with E-state index in [1.165, 1.54) is 0 Å². The van der Waals surface area contributed by atoms with Crippen LogP contribution in [0.25, 0.3) is 10.8 Å². The van der Waals surface area contributed by atoms with Gasteiger partial charge in [0.15, 0.2) is 0 Å². The van der Waals surface area contributed by atoms with E-state index in [0.29, 0.717) is 31.8 Å². The predicted octanol–water partition coefficient (Wildman–Crippen LogP) is 1.94. The van der Waals surface area contributed by atoms with Crippen LogP contribution in [0.15, 0.2) is 36.4 Å². The summed E-state index contributed by atoms with van der Waals surface area (Å²) >= 11 is 0. The monoisotopic (exact) mass is 289 g/mol. The summed E-state index contributed by atoms with van der Waals surface area (Å²) in [5, 5.41) is 14.5. The molecule has 0 bridgehead atoms. The number of amides is 1. The van der Waals surface area contributed by atoms with E-state index in [1.807, 2.05) is 24.3 Å². The number of methoxy groups -OCH3 is 1. The minimum Gasteiger partial charge on any atom is -0.506 e. The van der Waals surface area contributed by atoms with Gasteiger partial charge in [-0.2, -0.15) is 0 Å². The van der Waals surface area contributed by atoms with E-state index in [0.717, 1.165) is 5.39 Å². The molecule has 1 amide bonds. The molecule has 112 valence electrons. The summed E-state index contributed by atoms with van der Waals surface area (Å²) in [6.45, 7) is 1.81. The molecule has 2 aromatic carbocycles. The zero-order valence-electron chi connectivity index (χ0n) is 12.0. The molecule has 0 radical (unpaired) electrons. The maximum absolute atomic E-state index is 12.0. The fourth-order valence-corrected chi connectivity index (χ4v) is 2.01. The van der Waals surface area contributed by atoms with Gasteiger partial charge in [-0.05, 0) is 11.5 Å². The van der Waals surface area contributed by atoms with Crippen LogP contribution in [-0.2, 0) is 9.47 Å². The van der Waals surface area contributed by atoms with Crippen LogP contribution in [0.2, 0.25) is 0 Å². The van der Waals surface area contributed by atoms with Gasteiger partial charge in [0, 0.05) is 19.0 Å². The van der Waals surface area contributed by atoms with Crippen molar-refractivity contribution in [3.63, 3.8) is 0 Å². The van der Waals surface area contributed by atoms with Crippen molar-refractivity contribution in [2.75, 3.05) is 33.5 Å². The zero-order chi connectivity index (χ0) is 15.1. The minimum absolute atomic E-state index is 0.00546. The Morgan fingerprint density at radius 3 is 2.76 bits per heavy atom. The lowest BCUT2D eigenvalue weighted by atomic mass is 10.0. The van der Waals surface area contributed by atoms with Crippen molar-refractivity contribution in [3.05, 3.63) is 42.0 Å². The molecule has 0 saturated heterocycles. The van der Waals surface area contributed by atoms with E-state index in [9.17, 15) is 9.90 Å². The van der Waals surface area contributed by atoms with Crippen molar-refractivity contribution in [1.29, 1.82) is 0 Å². The molecule has 0 spiro atoms. The molecular formula is C16H19NO4. The Morgan fingerprint density at radius 1 is 1.14 bits per heavy atom. The first-order valence-electron chi connectivity index (χ1n) is 6.79. The standard InChI is InChI=1S/C16H19NO4/c1-20-10-11-21-9-8-17-16(19)14-7-6-12-4-2-3-5-13(12)15(14)18/h2-7,18H,8-11H2,1H3,(H,17,19). The summed E-state index contributed by atoms with van der Waals surface area (Å²) in [7, 11) is 1.60. The van der Waals surface area contributed by atoms with Crippen molar-refractivity contribution in [1.82, 2.24) is 5.32 Å². The maximum Gasteiger partial charge on any atom is 0.255 e. The SMILES string of the molecule is COCCOCCNC(=O)c1ccc2ccccc2c1O. The van der Waals surface area contributed by atoms with Gasteiger partial charge < -0.3 is 19.9 Å². The maximum atomic E-state index is 12.0. The van der Waals surface area contributed by atoms with E-state index in [-0.39, 0.29) is 17.2 Å². The van der Waals surface area contributed by atoms with Crippen LogP contribution in [-0.4, -0.2) is 44.5 Å². The van der Waals surface area contributed by atoms with Gasteiger partial charge in [-0.25, -0.2) is 0 Å². The molecule has 21 heavy (non-hydrogen) atoms. The van der Waals surface area contributed by atoms with E-state index < -0.39 is 0 Å². The first-order valence-corrected chi connectivity index (χ1v) is 6.79. The summed E-state index contributed by atoms with van der Waals surface area (Å²) < 4.78 is 10.1. The second-order valence-corrected chi connectivity index (χ2v) is 4.54. The van der Waals surface area contributed by atoms with Crippen LogP contribution in [0.5, 0.6) is 5.75 Å². The molecule has 2 aromatic rings. The molecule has 0 unspecified atom stereocenters. The highest BCUT2D eigenvalue weighted by atomic mass is 16.5. The number of phenols is 1. The van der Waals surface area contributed by atoms with Gasteiger partial charge in [-0.1, -0.05) is 30.3 Å². The second kappa shape index (κ2) is 7.61. The number of hydrogen-bond donors (Lipinski definition) is 2. The summed E-state index contributed by atoms with van der Waals surface area (Å²) in [6, 6.07) is 10.8. The van der Waals surface area contributed by atoms with Gasteiger partial charge in [0.2, 0.25) is 0 Å². The molecule has 0 aliphatic carbocycles. The third-order valence-corrected chi connectivity index (χ3v) is 3.11.